The van der Waals surface area contributed by atoms with Crippen LogP contribution in [-0.4, -0.2) is 43.0 Å². The van der Waals surface area contributed by atoms with E-state index in [4.69, 9.17) is 5.73 Å². The molecular formula is C16H33N3O. The van der Waals surface area contributed by atoms with Crippen LogP contribution in [0, 0.1) is 5.41 Å². The number of nitrogens with one attached hydrogen (secondary N) is 1. The van der Waals surface area contributed by atoms with Crippen LogP contribution in [0.1, 0.15) is 59.3 Å². The van der Waals surface area contributed by atoms with Crippen LogP contribution in [0.15, 0.2) is 0 Å². The minimum absolute atomic E-state index is 0.116. The lowest BCUT2D eigenvalue weighted by Gasteiger charge is -2.40. The Morgan fingerprint density at radius 3 is 2.45 bits per heavy atom. The van der Waals surface area contributed by atoms with Gasteiger partial charge in [0.1, 0.15) is 0 Å². The van der Waals surface area contributed by atoms with E-state index in [0.29, 0.717) is 13.0 Å². The highest BCUT2D eigenvalue weighted by Crippen LogP contribution is 2.42. The molecule has 1 atom stereocenters. The van der Waals surface area contributed by atoms with Gasteiger partial charge in [0.15, 0.2) is 0 Å². The summed E-state index contributed by atoms with van der Waals surface area (Å²) >= 11 is 0. The van der Waals surface area contributed by atoms with Crippen LogP contribution in [-0.2, 0) is 4.79 Å². The molecule has 0 heterocycles. The molecule has 0 aromatic rings. The molecule has 1 unspecified atom stereocenters. The lowest BCUT2D eigenvalue weighted by Crippen LogP contribution is -2.43. The Morgan fingerprint density at radius 2 is 2.00 bits per heavy atom. The Kier molecular flexibility index (Phi) is 7.52. The molecule has 1 amide bonds. The van der Waals surface area contributed by atoms with Crippen molar-refractivity contribution < 1.29 is 4.79 Å². The van der Waals surface area contributed by atoms with Crippen LogP contribution in [0.2, 0.25) is 0 Å². The van der Waals surface area contributed by atoms with Crippen molar-refractivity contribution in [3.63, 3.8) is 0 Å². The average Bonchev–Trinajstić information content (AvgIpc) is 2.39. The van der Waals surface area contributed by atoms with Crippen LogP contribution in [0.3, 0.4) is 0 Å². The minimum atomic E-state index is 0.116. The molecular weight excluding hydrogens is 250 g/mol. The van der Waals surface area contributed by atoms with Gasteiger partial charge in [-0.25, -0.2) is 0 Å². The van der Waals surface area contributed by atoms with Gasteiger partial charge in [-0.15, -0.1) is 0 Å². The molecule has 118 valence electrons. The van der Waals surface area contributed by atoms with Crippen LogP contribution in [0.25, 0.3) is 0 Å². The van der Waals surface area contributed by atoms with Crippen molar-refractivity contribution in [2.24, 2.45) is 11.1 Å². The number of carbonyl (C=O) groups excluding carboxylic acids is 1. The zero-order valence-corrected chi connectivity index (χ0v) is 13.6. The molecule has 3 N–H and O–H groups in total. The molecule has 0 radical (unpaired) electrons. The van der Waals surface area contributed by atoms with Crippen LogP contribution < -0.4 is 11.1 Å². The van der Waals surface area contributed by atoms with E-state index in [1.807, 2.05) is 0 Å². The van der Waals surface area contributed by atoms with Gasteiger partial charge in [0, 0.05) is 12.5 Å². The average molecular weight is 283 g/mol. The molecule has 0 saturated heterocycles. The molecule has 4 heteroatoms. The van der Waals surface area contributed by atoms with Crippen molar-refractivity contribution in [3.05, 3.63) is 0 Å². The molecule has 0 aromatic carbocycles. The summed E-state index contributed by atoms with van der Waals surface area (Å²) in [5.41, 5.74) is 5.92. The zero-order valence-electron chi connectivity index (χ0n) is 13.6. The summed E-state index contributed by atoms with van der Waals surface area (Å²) in [6.07, 6.45) is 6.28. The van der Waals surface area contributed by atoms with Gasteiger partial charge < -0.3 is 16.0 Å². The molecule has 1 fully saturated rings. The fraction of sp³-hybridized carbons (Fsp3) is 0.938. The van der Waals surface area contributed by atoms with E-state index in [9.17, 15) is 4.79 Å². The van der Waals surface area contributed by atoms with Gasteiger partial charge >= 0.3 is 0 Å². The zero-order chi connectivity index (χ0) is 15.0. The Morgan fingerprint density at radius 1 is 1.35 bits per heavy atom. The van der Waals surface area contributed by atoms with E-state index in [0.717, 1.165) is 45.3 Å². The number of nitrogens with two attached hydrogens (primary N) is 1. The number of nitrogens with zero attached hydrogens (tertiary/aromatic N) is 1. The summed E-state index contributed by atoms with van der Waals surface area (Å²) in [4.78, 5) is 14.5. The third-order valence-corrected chi connectivity index (χ3v) is 4.80. The largest absolute Gasteiger partial charge is 0.354 e. The Labute approximate surface area is 124 Å². The van der Waals surface area contributed by atoms with Crippen LogP contribution in [0.5, 0.6) is 0 Å². The standard InChI is InChI=1S/C16H33N3O/c1-4-19(5-2)11-6-8-14(3)18-15(20)12-16(13-17)9-7-10-16/h14H,4-13,17H2,1-3H3,(H,18,20). The van der Waals surface area contributed by atoms with E-state index in [1.165, 1.54) is 6.42 Å². The quantitative estimate of drug-likeness (QED) is 0.646. The molecule has 1 saturated carbocycles. The Bertz CT molecular complexity index is 280. The van der Waals surface area contributed by atoms with Crippen molar-refractivity contribution in [2.75, 3.05) is 26.2 Å². The van der Waals surface area contributed by atoms with Gasteiger partial charge in [-0.1, -0.05) is 20.3 Å². The lowest BCUT2D eigenvalue weighted by molar-refractivity contribution is -0.125. The number of rotatable bonds is 10. The molecule has 0 spiro atoms. The Balaban J connectivity index is 2.18. The van der Waals surface area contributed by atoms with Crippen molar-refractivity contribution in [1.82, 2.24) is 10.2 Å². The normalized spacial score (nSPS) is 18.6. The molecule has 1 rings (SSSR count). The topological polar surface area (TPSA) is 58.4 Å². The van der Waals surface area contributed by atoms with Gasteiger partial charge in [0.25, 0.3) is 0 Å². The van der Waals surface area contributed by atoms with Gasteiger partial charge in [-0.2, -0.15) is 0 Å². The summed E-state index contributed by atoms with van der Waals surface area (Å²) in [5, 5.41) is 3.13. The monoisotopic (exact) mass is 283 g/mol. The van der Waals surface area contributed by atoms with Crippen LogP contribution in [0.4, 0.5) is 0 Å². The highest BCUT2D eigenvalue weighted by atomic mass is 16.1. The molecule has 0 aromatic heterocycles. The summed E-state index contributed by atoms with van der Waals surface area (Å²) in [5.74, 6) is 0.186. The van der Waals surface area contributed by atoms with E-state index >= 15 is 0 Å². The number of carbonyl (C=O) groups is 1. The predicted molar refractivity (Wildman–Crippen MR) is 84.6 cm³/mol. The van der Waals surface area contributed by atoms with Crippen molar-refractivity contribution in [3.8, 4) is 0 Å². The van der Waals surface area contributed by atoms with E-state index in [1.54, 1.807) is 0 Å². The third-order valence-electron chi connectivity index (χ3n) is 4.80. The van der Waals surface area contributed by atoms with Gasteiger partial charge in [0.2, 0.25) is 5.91 Å². The highest BCUT2D eigenvalue weighted by molar-refractivity contribution is 5.77. The lowest BCUT2D eigenvalue weighted by atomic mass is 9.66. The fourth-order valence-corrected chi connectivity index (χ4v) is 3.03. The molecule has 1 aliphatic rings. The molecule has 20 heavy (non-hydrogen) atoms. The second kappa shape index (κ2) is 8.63. The summed E-state index contributed by atoms with van der Waals surface area (Å²) in [6, 6.07) is 0.271. The SMILES string of the molecule is CCN(CC)CCCC(C)NC(=O)CC1(CN)CCC1. The molecule has 1 aliphatic carbocycles. The number of amides is 1. The first-order valence-corrected chi connectivity index (χ1v) is 8.27. The fourth-order valence-electron chi connectivity index (χ4n) is 3.03. The smallest absolute Gasteiger partial charge is 0.220 e. The first-order chi connectivity index (χ1) is 9.55. The second-order valence-corrected chi connectivity index (χ2v) is 6.37. The third kappa shape index (κ3) is 5.41. The van der Waals surface area contributed by atoms with E-state index < -0.39 is 0 Å². The number of hydrogen-bond acceptors (Lipinski definition) is 3. The second-order valence-electron chi connectivity index (χ2n) is 6.37. The minimum Gasteiger partial charge on any atom is -0.354 e. The van der Waals surface area contributed by atoms with E-state index in [2.05, 4.69) is 31.0 Å². The Hall–Kier alpha value is -0.610. The molecule has 4 nitrogen and oxygen atoms in total. The molecule has 0 bridgehead atoms. The van der Waals surface area contributed by atoms with E-state index in [-0.39, 0.29) is 17.4 Å². The van der Waals surface area contributed by atoms with Gasteiger partial charge in [-0.05, 0) is 64.2 Å². The summed E-state index contributed by atoms with van der Waals surface area (Å²) < 4.78 is 0. The van der Waals surface area contributed by atoms with Crippen molar-refractivity contribution >= 4 is 5.91 Å². The number of hydrogen-bond donors (Lipinski definition) is 2. The maximum Gasteiger partial charge on any atom is 0.220 e. The van der Waals surface area contributed by atoms with Gasteiger partial charge in [0.05, 0.1) is 0 Å². The van der Waals surface area contributed by atoms with Crippen molar-refractivity contribution in [1.29, 1.82) is 0 Å². The first-order valence-electron chi connectivity index (χ1n) is 8.27. The maximum absolute atomic E-state index is 12.1. The van der Waals surface area contributed by atoms with Gasteiger partial charge in [-0.3, -0.25) is 4.79 Å². The first kappa shape index (κ1) is 17.4. The highest BCUT2D eigenvalue weighted by Gasteiger charge is 2.37. The maximum atomic E-state index is 12.1. The van der Waals surface area contributed by atoms with Crippen LogP contribution >= 0.6 is 0 Å². The summed E-state index contributed by atoms with van der Waals surface area (Å²) in [7, 11) is 0. The predicted octanol–water partition coefficient (Wildman–Crippen LogP) is 2.13. The summed E-state index contributed by atoms with van der Waals surface area (Å²) in [6.45, 7) is 10.5. The molecule has 0 aliphatic heterocycles. The van der Waals surface area contributed by atoms with Crippen molar-refractivity contribution in [2.45, 2.75) is 65.3 Å².